The van der Waals surface area contributed by atoms with Crippen LogP contribution in [0.25, 0.3) is 0 Å². The number of nitrogens with one attached hydrogen (secondary N) is 1. The van der Waals surface area contributed by atoms with Crippen molar-refractivity contribution in [1.82, 2.24) is 5.32 Å². The topological polar surface area (TPSA) is 55.4 Å². The number of amides is 1. The van der Waals surface area contributed by atoms with E-state index in [2.05, 4.69) is 17.4 Å². The van der Waals surface area contributed by atoms with Crippen LogP contribution in [-0.4, -0.2) is 23.7 Å². The molecule has 0 aliphatic heterocycles. The van der Waals surface area contributed by atoms with Gasteiger partial charge in [0.1, 0.15) is 11.5 Å². The van der Waals surface area contributed by atoms with Crippen LogP contribution < -0.4 is 5.32 Å². The lowest BCUT2D eigenvalue weighted by Crippen LogP contribution is -2.44. The van der Waals surface area contributed by atoms with Crippen molar-refractivity contribution in [3.63, 3.8) is 0 Å². The van der Waals surface area contributed by atoms with E-state index in [0.717, 1.165) is 12.8 Å². The lowest BCUT2D eigenvalue weighted by Gasteiger charge is -2.29. The predicted molar refractivity (Wildman–Crippen MR) is 96.5 cm³/mol. The van der Waals surface area contributed by atoms with E-state index in [1.165, 1.54) is 11.6 Å². The van der Waals surface area contributed by atoms with Crippen LogP contribution in [0.15, 0.2) is 36.4 Å². The second-order valence-electron chi connectivity index (χ2n) is 7.38. The van der Waals surface area contributed by atoms with Crippen molar-refractivity contribution in [3.8, 4) is 0 Å². The number of alkyl carbamates (subject to hydrolysis) is 1. The lowest BCUT2D eigenvalue weighted by atomic mass is 9.85. The highest BCUT2D eigenvalue weighted by molar-refractivity contribution is 5.68. The van der Waals surface area contributed by atoms with Crippen molar-refractivity contribution in [2.75, 3.05) is 0 Å². The SMILES string of the molecule is CC(C)[C@@H](C=C=O)[C@H](CCc1ccccc1)NC(=O)OC(C)(C)C. The molecule has 0 aliphatic carbocycles. The summed E-state index contributed by atoms with van der Waals surface area (Å²) in [4.78, 5) is 23.1. The van der Waals surface area contributed by atoms with Gasteiger partial charge in [-0.05, 0) is 45.1 Å². The highest BCUT2D eigenvalue weighted by Gasteiger charge is 2.26. The molecule has 24 heavy (non-hydrogen) atoms. The maximum Gasteiger partial charge on any atom is 0.407 e. The normalized spacial score (nSPS) is 13.8. The Bertz CT molecular complexity index is 554. The van der Waals surface area contributed by atoms with Crippen molar-refractivity contribution in [1.29, 1.82) is 0 Å². The molecule has 1 N–H and O–H groups in total. The van der Waals surface area contributed by atoms with Crippen molar-refractivity contribution in [3.05, 3.63) is 42.0 Å². The van der Waals surface area contributed by atoms with E-state index in [1.54, 1.807) is 0 Å². The van der Waals surface area contributed by atoms with Crippen molar-refractivity contribution in [2.24, 2.45) is 11.8 Å². The molecule has 0 spiro atoms. The van der Waals surface area contributed by atoms with Gasteiger partial charge in [-0.1, -0.05) is 44.2 Å². The zero-order valence-electron chi connectivity index (χ0n) is 15.3. The second kappa shape index (κ2) is 9.29. The van der Waals surface area contributed by atoms with Crippen molar-refractivity contribution >= 4 is 12.0 Å². The Morgan fingerprint density at radius 3 is 2.38 bits per heavy atom. The number of carbonyl (C=O) groups is 1. The monoisotopic (exact) mass is 331 g/mol. The van der Waals surface area contributed by atoms with Gasteiger partial charge in [-0.15, -0.1) is 0 Å². The fraction of sp³-hybridized carbons (Fsp3) is 0.550. The molecule has 1 rings (SSSR count). The van der Waals surface area contributed by atoms with Crippen LogP contribution in [0.2, 0.25) is 0 Å². The molecule has 1 aromatic carbocycles. The minimum absolute atomic E-state index is 0.0845. The first-order valence-electron chi connectivity index (χ1n) is 8.47. The third-order valence-electron chi connectivity index (χ3n) is 3.78. The smallest absolute Gasteiger partial charge is 0.407 e. The third kappa shape index (κ3) is 7.47. The number of aryl methyl sites for hydroxylation is 1. The van der Waals surface area contributed by atoms with Gasteiger partial charge in [0.15, 0.2) is 0 Å². The van der Waals surface area contributed by atoms with Gasteiger partial charge >= 0.3 is 6.09 Å². The Balaban J connectivity index is 2.85. The Morgan fingerprint density at radius 2 is 1.88 bits per heavy atom. The summed E-state index contributed by atoms with van der Waals surface area (Å²) in [5.41, 5.74) is 0.646. The van der Waals surface area contributed by atoms with Crippen LogP contribution in [0.5, 0.6) is 0 Å². The first kappa shape index (κ1) is 20.0. The zero-order chi connectivity index (χ0) is 18.2. The molecule has 1 amide bonds. The van der Waals surface area contributed by atoms with E-state index in [1.807, 2.05) is 58.8 Å². The van der Waals surface area contributed by atoms with Crippen LogP contribution in [0.3, 0.4) is 0 Å². The molecular formula is C20H29NO3. The molecule has 0 heterocycles. The summed E-state index contributed by atoms with van der Waals surface area (Å²) in [6.45, 7) is 9.56. The van der Waals surface area contributed by atoms with E-state index in [-0.39, 0.29) is 17.9 Å². The highest BCUT2D eigenvalue weighted by Crippen LogP contribution is 2.21. The van der Waals surface area contributed by atoms with Gasteiger partial charge in [-0.3, -0.25) is 0 Å². The number of ether oxygens (including phenoxy) is 1. The summed E-state index contributed by atoms with van der Waals surface area (Å²) >= 11 is 0. The van der Waals surface area contributed by atoms with Crippen LogP contribution in [0.4, 0.5) is 4.79 Å². The van der Waals surface area contributed by atoms with Crippen LogP contribution >= 0.6 is 0 Å². The quantitative estimate of drug-likeness (QED) is 0.763. The fourth-order valence-electron chi connectivity index (χ4n) is 2.64. The van der Waals surface area contributed by atoms with E-state index in [0.29, 0.717) is 0 Å². The summed E-state index contributed by atoms with van der Waals surface area (Å²) in [7, 11) is 0. The second-order valence-corrected chi connectivity index (χ2v) is 7.38. The van der Waals surface area contributed by atoms with Gasteiger partial charge in [-0.25, -0.2) is 9.59 Å². The molecule has 1 aromatic rings. The summed E-state index contributed by atoms with van der Waals surface area (Å²) in [6.07, 6.45) is 2.60. The lowest BCUT2D eigenvalue weighted by molar-refractivity contribution is 0.0482. The average Bonchev–Trinajstić information content (AvgIpc) is 2.48. The Hall–Kier alpha value is -2.06. The Morgan fingerprint density at radius 1 is 1.25 bits per heavy atom. The Labute approximate surface area is 145 Å². The molecule has 0 saturated heterocycles. The number of rotatable bonds is 7. The largest absolute Gasteiger partial charge is 0.444 e. The zero-order valence-corrected chi connectivity index (χ0v) is 15.3. The van der Waals surface area contributed by atoms with Gasteiger partial charge < -0.3 is 10.1 Å². The van der Waals surface area contributed by atoms with Gasteiger partial charge in [0.05, 0.1) is 0 Å². The molecule has 2 atom stereocenters. The molecular weight excluding hydrogens is 302 g/mol. The minimum atomic E-state index is -0.554. The third-order valence-corrected chi connectivity index (χ3v) is 3.78. The number of benzene rings is 1. The van der Waals surface area contributed by atoms with Crippen molar-refractivity contribution in [2.45, 2.75) is 59.1 Å². The summed E-state index contributed by atoms with van der Waals surface area (Å²) in [6, 6.07) is 9.91. The molecule has 0 bridgehead atoms. The molecule has 0 aliphatic rings. The van der Waals surface area contributed by atoms with Crippen LogP contribution in [-0.2, 0) is 16.0 Å². The standard InChI is InChI=1S/C20H29NO3/c1-15(2)17(13-14-22)18(21-19(23)24-20(3,4)5)12-11-16-9-7-6-8-10-16/h6-10,13,15,17-18H,11-12H2,1-5H3,(H,21,23)/t17-,18+/m1/s1. The van der Waals surface area contributed by atoms with E-state index in [4.69, 9.17) is 4.74 Å². The van der Waals surface area contributed by atoms with Gasteiger partial charge in [-0.2, -0.15) is 0 Å². The highest BCUT2D eigenvalue weighted by atomic mass is 16.6. The van der Waals surface area contributed by atoms with E-state index in [9.17, 15) is 9.59 Å². The average molecular weight is 331 g/mol. The minimum Gasteiger partial charge on any atom is -0.444 e. The molecule has 0 unspecified atom stereocenters. The molecule has 132 valence electrons. The van der Waals surface area contributed by atoms with Crippen LogP contribution in [0.1, 0.15) is 46.6 Å². The predicted octanol–water partition coefficient (Wildman–Crippen LogP) is 4.17. The molecule has 0 radical (unpaired) electrons. The van der Waals surface area contributed by atoms with E-state index < -0.39 is 11.7 Å². The maximum absolute atomic E-state index is 12.2. The van der Waals surface area contributed by atoms with E-state index >= 15 is 0 Å². The molecule has 4 heteroatoms. The first-order chi connectivity index (χ1) is 11.2. The number of carbonyl (C=O) groups excluding carboxylic acids is 2. The summed E-state index contributed by atoms with van der Waals surface area (Å²) < 4.78 is 5.37. The van der Waals surface area contributed by atoms with Gasteiger partial charge in [0.25, 0.3) is 0 Å². The van der Waals surface area contributed by atoms with Crippen LogP contribution in [0, 0.1) is 11.8 Å². The summed E-state index contributed by atoms with van der Waals surface area (Å²) in [5, 5.41) is 2.94. The van der Waals surface area contributed by atoms with Crippen molar-refractivity contribution < 1.29 is 14.3 Å². The molecule has 4 nitrogen and oxygen atoms in total. The fourth-order valence-corrected chi connectivity index (χ4v) is 2.64. The maximum atomic E-state index is 12.2. The van der Waals surface area contributed by atoms with Gasteiger partial charge in [0, 0.05) is 18.0 Å². The number of hydrogen-bond donors (Lipinski definition) is 1. The molecule has 0 fully saturated rings. The first-order valence-corrected chi connectivity index (χ1v) is 8.47. The Kier molecular flexibility index (Phi) is 7.73. The van der Waals surface area contributed by atoms with Gasteiger partial charge in [0.2, 0.25) is 0 Å². The molecule has 0 saturated carbocycles. The number of hydrogen-bond acceptors (Lipinski definition) is 3. The summed E-state index contributed by atoms with van der Waals surface area (Å²) in [5.74, 6) is 2.01. The molecule has 0 aromatic heterocycles.